The van der Waals surface area contributed by atoms with E-state index >= 15 is 0 Å². The number of carbonyl (C=O) groups excluding carboxylic acids is 4. The van der Waals surface area contributed by atoms with Crippen molar-refractivity contribution in [1.29, 1.82) is 0 Å². The van der Waals surface area contributed by atoms with Crippen molar-refractivity contribution < 1.29 is 33.8 Å². The summed E-state index contributed by atoms with van der Waals surface area (Å²) in [6, 6.07) is 10.6. The highest BCUT2D eigenvalue weighted by molar-refractivity contribution is 6.23. The van der Waals surface area contributed by atoms with Crippen LogP contribution >= 0.6 is 0 Å². The quantitative estimate of drug-likeness (QED) is 0.353. The van der Waals surface area contributed by atoms with E-state index in [1.54, 1.807) is 30.3 Å². The Labute approximate surface area is 238 Å². The topological polar surface area (TPSA) is 130 Å². The smallest absolute Gasteiger partial charge is 0.338 e. The summed E-state index contributed by atoms with van der Waals surface area (Å²) in [5, 5.41) is 12.1. The summed E-state index contributed by atoms with van der Waals surface area (Å²) < 4.78 is 5.79. The lowest BCUT2D eigenvalue weighted by molar-refractivity contribution is -0.142. The first kappa shape index (κ1) is 27.2. The van der Waals surface area contributed by atoms with Crippen LogP contribution in [0.25, 0.3) is 0 Å². The molecular weight excluding hydrogens is 524 g/mol. The van der Waals surface area contributed by atoms with E-state index in [9.17, 15) is 29.1 Å². The number of rotatable bonds is 9. The van der Waals surface area contributed by atoms with Crippen molar-refractivity contribution in [3.05, 3.63) is 70.8 Å². The van der Waals surface area contributed by atoms with Gasteiger partial charge < -0.3 is 15.2 Å². The van der Waals surface area contributed by atoms with Crippen molar-refractivity contribution >= 4 is 29.7 Å². The van der Waals surface area contributed by atoms with Crippen LogP contribution in [0.2, 0.25) is 0 Å². The maximum absolute atomic E-state index is 13.3. The van der Waals surface area contributed by atoms with E-state index in [0.29, 0.717) is 6.61 Å². The minimum Gasteiger partial charge on any atom is -0.480 e. The maximum Gasteiger partial charge on any atom is 0.338 e. The molecule has 41 heavy (non-hydrogen) atoms. The average molecular weight is 559 g/mol. The zero-order valence-electron chi connectivity index (χ0n) is 23.0. The Morgan fingerprint density at radius 3 is 2.17 bits per heavy atom. The number of hydrogen-bond acceptors (Lipinski definition) is 6. The second-order valence-corrected chi connectivity index (χ2v) is 12.5. The van der Waals surface area contributed by atoms with Crippen LogP contribution < -0.4 is 5.32 Å². The second-order valence-electron chi connectivity index (χ2n) is 12.5. The number of nitrogens with one attached hydrogen (secondary N) is 1. The lowest BCUT2D eigenvalue weighted by Crippen LogP contribution is -2.52. The Kier molecular flexibility index (Phi) is 6.91. The predicted octanol–water partition coefficient (Wildman–Crippen LogP) is 3.86. The third kappa shape index (κ3) is 5.13. The lowest BCUT2D eigenvalue weighted by Gasteiger charge is -2.56. The number of carboxylic acids is 1. The average Bonchev–Trinajstić information content (AvgIpc) is 3.19. The van der Waals surface area contributed by atoms with Crippen LogP contribution in [0, 0.1) is 23.2 Å². The van der Waals surface area contributed by atoms with Gasteiger partial charge in [-0.2, -0.15) is 0 Å². The first-order valence-electron chi connectivity index (χ1n) is 14.4. The molecule has 4 aliphatic carbocycles. The fraction of sp³-hybridized carbons (Fsp3) is 0.469. The van der Waals surface area contributed by atoms with E-state index in [0.717, 1.165) is 47.5 Å². The molecule has 0 aromatic heterocycles. The van der Waals surface area contributed by atoms with Crippen molar-refractivity contribution in [1.82, 2.24) is 10.2 Å². The van der Waals surface area contributed by atoms with E-state index in [2.05, 4.69) is 5.32 Å². The van der Waals surface area contributed by atoms with Gasteiger partial charge in [0, 0.05) is 11.8 Å². The van der Waals surface area contributed by atoms with E-state index in [1.807, 2.05) is 0 Å². The molecule has 7 rings (SSSR count). The molecule has 9 nitrogen and oxygen atoms in total. The molecule has 214 valence electrons. The van der Waals surface area contributed by atoms with Crippen molar-refractivity contribution in [3.63, 3.8) is 0 Å². The molecule has 4 bridgehead atoms. The van der Waals surface area contributed by atoms with Crippen LogP contribution in [0.5, 0.6) is 0 Å². The van der Waals surface area contributed by atoms with E-state index in [-0.39, 0.29) is 28.5 Å². The first-order chi connectivity index (χ1) is 19.6. The maximum atomic E-state index is 13.3. The van der Waals surface area contributed by atoms with Crippen LogP contribution in [-0.2, 0) is 20.7 Å². The molecule has 1 aliphatic heterocycles. The van der Waals surface area contributed by atoms with Crippen LogP contribution in [0.1, 0.15) is 82.1 Å². The summed E-state index contributed by atoms with van der Waals surface area (Å²) in [5.74, 6) is -1.70. The summed E-state index contributed by atoms with van der Waals surface area (Å²) in [4.78, 5) is 65.1. The van der Waals surface area contributed by atoms with Gasteiger partial charge in [-0.25, -0.2) is 9.59 Å². The molecule has 0 spiro atoms. The molecule has 4 saturated carbocycles. The monoisotopic (exact) mass is 558 g/mol. The van der Waals surface area contributed by atoms with Crippen molar-refractivity contribution in [2.24, 2.45) is 23.2 Å². The normalized spacial score (nSPS) is 27.3. The molecule has 4 fully saturated rings. The molecule has 2 N–H and O–H groups in total. The SMILES string of the molecule is C[C@@H](C(=O)N[C@@H](Cc1ccccc1)C(=O)O)N1C(=O)c2ccc(C(=O)OCC34CC5CC(CC(C5)C3)C4)cc2C1=O. The Hall–Kier alpha value is -4.01. The van der Waals surface area contributed by atoms with Crippen LogP contribution in [0.4, 0.5) is 0 Å². The summed E-state index contributed by atoms with van der Waals surface area (Å²) in [5.41, 5.74) is 1.07. The number of nitrogens with zero attached hydrogens (tertiary/aromatic N) is 1. The van der Waals surface area contributed by atoms with E-state index in [4.69, 9.17) is 4.74 Å². The van der Waals surface area contributed by atoms with Crippen LogP contribution in [-0.4, -0.2) is 58.4 Å². The number of amides is 3. The van der Waals surface area contributed by atoms with E-state index < -0.39 is 41.7 Å². The molecular formula is C32H34N2O7. The molecule has 2 atom stereocenters. The molecule has 0 unspecified atom stereocenters. The molecule has 2 aromatic rings. The van der Waals surface area contributed by atoms with Crippen LogP contribution in [0.3, 0.4) is 0 Å². The van der Waals surface area contributed by atoms with Crippen LogP contribution in [0.15, 0.2) is 48.5 Å². The minimum atomic E-state index is -1.26. The Morgan fingerprint density at radius 1 is 0.951 bits per heavy atom. The van der Waals surface area contributed by atoms with Crippen molar-refractivity contribution in [3.8, 4) is 0 Å². The number of carboxylic acid groups (broad SMARTS) is 1. The fourth-order valence-electron chi connectivity index (χ4n) is 7.97. The number of benzene rings is 2. The number of fused-ring (bicyclic) bond motifs is 1. The predicted molar refractivity (Wildman–Crippen MR) is 147 cm³/mol. The van der Waals surface area contributed by atoms with Gasteiger partial charge in [0.25, 0.3) is 11.8 Å². The van der Waals surface area contributed by atoms with Gasteiger partial charge in [0.05, 0.1) is 23.3 Å². The Balaban J connectivity index is 1.11. The van der Waals surface area contributed by atoms with Gasteiger partial charge in [0.1, 0.15) is 12.1 Å². The second kappa shape index (κ2) is 10.4. The third-order valence-corrected chi connectivity index (χ3v) is 9.49. The van der Waals surface area contributed by atoms with Gasteiger partial charge in [0.2, 0.25) is 5.91 Å². The minimum absolute atomic E-state index is 0.0259. The van der Waals surface area contributed by atoms with Gasteiger partial charge >= 0.3 is 11.9 Å². The number of esters is 1. The first-order valence-corrected chi connectivity index (χ1v) is 14.4. The third-order valence-electron chi connectivity index (χ3n) is 9.49. The van der Waals surface area contributed by atoms with Gasteiger partial charge in [-0.3, -0.25) is 19.3 Å². The lowest BCUT2D eigenvalue weighted by atomic mass is 9.50. The van der Waals surface area contributed by atoms with Gasteiger partial charge in [-0.05, 0) is 87.0 Å². The highest BCUT2D eigenvalue weighted by Gasteiger charge is 2.51. The summed E-state index contributed by atoms with van der Waals surface area (Å²) in [6.07, 6.45) is 7.25. The Morgan fingerprint density at radius 2 is 1.56 bits per heavy atom. The number of ether oxygens (including phenoxy) is 1. The zero-order valence-corrected chi connectivity index (χ0v) is 23.0. The number of aliphatic carboxylic acids is 1. The fourth-order valence-corrected chi connectivity index (χ4v) is 7.97. The Bertz CT molecular complexity index is 1380. The van der Waals surface area contributed by atoms with Crippen molar-refractivity contribution in [2.45, 2.75) is 64.0 Å². The highest BCUT2D eigenvalue weighted by Crippen LogP contribution is 2.60. The van der Waals surface area contributed by atoms with Gasteiger partial charge in [0.15, 0.2) is 0 Å². The van der Waals surface area contributed by atoms with Crippen molar-refractivity contribution in [2.75, 3.05) is 6.61 Å². The molecule has 0 saturated heterocycles. The molecule has 9 heteroatoms. The molecule has 2 aromatic carbocycles. The molecule has 1 heterocycles. The highest BCUT2D eigenvalue weighted by atomic mass is 16.5. The summed E-state index contributed by atoms with van der Waals surface area (Å²) in [6.45, 7) is 1.75. The number of carbonyl (C=O) groups is 5. The molecule has 3 amide bonds. The molecule has 5 aliphatic rings. The summed E-state index contributed by atoms with van der Waals surface area (Å²) >= 11 is 0. The summed E-state index contributed by atoms with van der Waals surface area (Å²) in [7, 11) is 0. The largest absolute Gasteiger partial charge is 0.480 e. The zero-order chi connectivity index (χ0) is 28.9. The number of hydrogen-bond donors (Lipinski definition) is 2. The van der Waals surface area contributed by atoms with Gasteiger partial charge in [-0.15, -0.1) is 0 Å². The van der Waals surface area contributed by atoms with E-state index in [1.165, 1.54) is 44.4 Å². The standard InChI is InChI=1S/C32H34N2O7/c1-18(27(35)33-26(30(38)39)12-19-5-3-2-4-6-19)34-28(36)24-8-7-23(13-25(24)29(34)37)31(40)41-17-32-14-20-9-21(15-32)11-22(10-20)16-32/h2-8,13,18,20-22,26H,9-12,14-17H2,1H3,(H,33,35)(H,38,39)/t18-,20?,21?,22?,26-,32?/m0/s1. The van der Waals surface area contributed by atoms with Gasteiger partial charge in [-0.1, -0.05) is 30.3 Å². The number of imide groups is 1. The molecule has 0 radical (unpaired) electrons.